The van der Waals surface area contributed by atoms with Crippen LogP contribution in [0.5, 0.6) is 5.75 Å². The molecule has 27 heavy (non-hydrogen) atoms. The summed E-state index contributed by atoms with van der Waals surface area (Å²) in [5.41, 5.74) is 1.32. The smallest absolute Gasteiger partial charge is 0.225 e. The molecule has 1 fully saturated rings. The Labute approximate surface area is 164 Å². The molecule has 5 heteroatoms. The standard InChI is InChI=1S/C22H25NO3S/c1-15-5-6-20-18(12-15)19(24)14-22(26-20)7-9-23(10-8-22)21(25)16(2)13-17-4-3-11-27-17/h3-6,11-12,16H,7-10,13-14H2,1-2H3. The molecule has 3 heterocycles. The number of likely N-dealkylation sites (tertiary alicyclic amines) is 1. The molecule has 0 saturated carbocycles. The van der Waals surface area contributed by atoms with Gasteiger partial charge in [-0.05, 0) is 36.9 Å². The quantitative estimate of drug-likeness (QED) is 0.795. The number of amides is 1. The normalized spacial score (nSPS) is 19.5. The molecular weight excluding hydrogens is 358 g/mol. The fourth-order valence-electron chi connectivity index (χ4n) is 4.15. The number of carbonyl (C=O) groups excluding carboxylic acids is 2. The zero-order valence-electron chi connectivity index (χ0n) is 15.9. The van der Waals surface area contributed by atoms with E-state index in [1.165, 1.54) is 4.88 Å². The van der Waals surface area contributed by atoms with Crippen molar-refractivity contribution in [1.29, 1.82) is 0 Å². The van der Waals surface area contributed by atoms with Gasteiger partial charge in [0.15, 0.2) is 5.78 Å². The number of aryl methyl sites for hydroxylation is 1. The predicted octanol–water partition coefficient (Wildman–Crippen LogP) is 4.26. The topological polar surface area (TPSA) is 46.6 Å². The summed E-state index contributed by atoms with van der Waals surface area (Å²) >= 11 is 1.70. The zero-order valence-corrected chi connectivity index (χ0v) is 16.7. The molecule has 1 spiro atoms. The molecule has 2 aliphatic rings. The van der Waals surface area contributed by atoms with Gasteiger partial charge in [0.05, 0.1) is 12.0 Å². The zero-order chi connectivity index (χ0) is 19.0. The van der Waals surface area contributed by atoms with Gasteiger partial charge in [0.25, 0.3) is 0 Å². The first-order valence-electron chi connectivity index (χ1n) is 9.60. The van der Waals surface area contributed by atoms with Gasteiger partial charge in [-0.15, -0.1) is 11.3 Å². The molecule has 4 nitrogen and oxygen atoms in total. The highest BCUT2D eigenvalue weighted by Crippen LogP contribution is 2.39. The van der Waals surface area contributed by atoms with Crippen molar-refractivity contribution >= 4 is 23.0 Å². The molecule has 142 valence electrons. The van der Waals surface area contributed by atoms with Crippen molar-refractivity contribution in [3.63, 3.8) is 0 Å². The molecule has 0 bridgehead atoms. The number of benzene rings is 1. The van der Waals surface area contributed by atoms with Gasteiger partial charge >= 0.3 is 0 Å². The van der Waals surface area contributed by atoms with Gasteiger partial charge in [0, 0.05) is 36.7 Å². The Morgan fingerprint density at radius 3 is 2.78 bits per heavy atom. The average Bonchev–Trinajstić information content (AvgIpc) is 3.15. The molecule has 1 amide bonds. The lowest BCUT2D eigenvalue weighted by Crippen LogP contribution is -2.53. The van der Waals surface area contributed by atoms with Crippen LogP contribution < -0.4 is 4.74 Å². The fourth-order valence-corrected chi connectivity index (χ4v) is 4.99. The lowest BCUT2D eigenvalue weighted by molar-refractivity contribution is -0.138. The number of Topliss-reactive ketones (excluding diaryl/α,β-unsaturated/α-hetero) is 1. The van der Waals surface area contributed by atoms with Crippen LogP contribution in [0.3, 0.4) is 0 Å². The third kappa shape index (κ3) is 3.65. The first-order valence-corrected chi connectivity index (χ1v) is 10.5. The number of hydrogen-bond acceptors (Lipinski definition) is 4. The first-order chi connectivity index (χ1) is 13.0. The highest BCUT2D eigenvalue weighted by atomic mass is 32.1. The van der Waals surface area contributed by atoms with Gasteiger partial charge in [0.1, 0.15) is 11.4 Å². The minimum atomic E-state index is -0.451. The summed E-state index contributed by atoms with van der Waals surface area (Å²) in [5.74, 6) is 1.04. The van der Waals surface area contributed by atoms with Gasteiger partial charge < -0.3 is 9.64 Å². The second kappa shape index (κ2) is 7.12. The Morgan fingerprint density at radius 1 is 1.30 bits per heavy atom. The summed E-state index contributed by atoms with van der Waals surface area (Å²) in [6.07, 6.45) is 2.63. The van der Waals surface area contributed by atoms with E-state index in [2.05, 4.69) is 6.07 Å². The number of piperidine rings is 1. The molecule has 2 aliphatic heterocycles. The van der Waals surface area contributed by atoms with E-state index in [9.17, 15) is 9.59 Å². The molecule has 1 aromatic carbocycles. The highest BCUT2D eigenvalue weighted by Gasteiger charge is 2.44. The Hall–Kier alpha value is -2.14. The Bertz CT molecular complexity index is 850. The van der Waals surface area contributed by atoms with Crippen LogP contribution in [-0.2, 0) is 11.2 Å². The van der Waals surface area contributed by atoms with Gasteiger partial charge in [-0.2, -0.15) is 0 Å². The third-order valence-electron chi connectivity index (χ3n) is 5.74. The van der Waals surface area contributed by atoms with E-state index in [1.54, 1.807) is 11.3 Å². The van der Waals surface area contributed by atoms with Crippen LogP contribution >= 0.6 is 11.3 Å². The molecule has 1 aromatic heterocycles. The summed E-state index contributed by atoms with van der Waals surface area (Å²) in [5, 5.41) is 2.05. The monoisotopic (exact) mass is 383 g/mol. The highest BCUT2D eigenvalue weighted by molar-refractivity contribution is 7.09. The molecule has 1 atom stereocenters. The van der Waals surface area contributed by atoms with E-state index in [-0.39, 0.29) is 17.6 Å². The van der Waals surface area contributed by atoms with Gasteiger partial charge in [0.2, 0.25) is 5.91 Å². The van der Waals surface area contributed by atoms with Gasteiger partial charge in [-0.25, -0.2) is 0 Å². The summed E-state index contributed by atoms with van der Waals surface area (Å²) in [4.78, 5) is 28.7. The summed E-state index contributed by atoms with van der Waals surface area (Å²) in [7, 11) is 0. The minimum absolute atomic E-state index is 0.0182. The minimum Gasteiger partial charge on any atom is -0.486 e. The number of carbonyl (C=O) groups is 2. The fraction of sp³-hybridized carbons (Fsp3) is 0.455. The molecule has 2 aromatic rings. The lowest BCUT2D eigenvalue weighted by atomic mass is 9.82. The molecule has 0 radical (unpaired) electrons. The number of hydrogen-bond donors (Lipinski definition) is 0. The average molecular weight is 384 g/mol. The molecule has 4 rings (SSSR count). The number of rotatable bonds is 3. The van der Waals surface area contributed by atoms with Crippen LogP contribution in [0.15, 0.2) is 35.7 Å². The van der Waals surface area contributed by atoms with E-state index in [1.807, 2.05) is 48.4 Å². The number of ketones is 1. The second-order valence-electron chi connectivity index (χ2n) is 7.89. The lowest BCUT2D eigenvalue weighted by Gasteiger charge is -2.44. The number of fused-ring (bicyclic) bond motifs is 1. The van der Waals surface area contributed by atoms with Gasteiger partial charge in [-0.1, -0.05) is 24.6 Å². The summed E-state index contributed by atoms with van der Waals surface area (Å²) < 4.78 is 6.30. The van der Waals surface area contributed by atoms with Crippen molar-refractivity contribution in [3.8, 4) is 5.75 Å². The maximum atomic E-state index is 12.8. The molecule has 1 unspecified atom stereocenters. The van der Waals surface area contributed by atoms with E-state index < -0.39 is 5.60 Å². The van der Waals surface area contributed by atoms with Crippen molar-refractivity contribution in [1.82, 2.24) is 4.90 Å². The van der Waals surface area contributed by atoms with Crippen LogP contribution in [0, 0.1) is 12.8 Å². The van der Waals surface area contributed by atoms with E-state index in [0.29, 0.717) is 43.7 Å². The number of ether oxygens (including phenoxy) is 1. The van der Waals surface area contributed by atoms with Crippen molar-refractivity contribution in [2.24, 2.45) is 5.92 Å². The van der Waals surface area contributed by atoms with Crippen LogP contribution in [0.2, 0.25) is 0 Å². The maximum absolute atomic E-state index is 12.8. The largest absolute Gasteiger partial charge is 0.486 e. The Balaban J connectivity index is 1.40. The summed E-state index contributed by atoms with van der Waals surface area (Å²) in [6, 6.07) is 9.91. The number of nitrogens with zero attached hydrogens (tertiary/aromatic N) is 1. The Kier molecular flexibility index (Phi) is 4.81. The van der Waals surface area contributed by atoms with E-state index in [0.717, 1.165) is 12.0 Å². The first kappa shape index (κ1) is 18.2. The van der Waals surface area contributed by atoms with Gasteiger partial charge in [-0.3, -0.25) is 9.59 Å². The van der Waals surface area contributed by atoms with Crippen LogP contribution in [0.1, 0.15) is 47.0 Å². The Morgan fingerprint density at radius 2 is 2.07 bits per heavy atom. The van der Waals surface area contributed by atoms with Crippen molar-refractivity contribution < 1.29 is 14.3 Å². The van der Waals surface area contributed by atoms with E-state index >= 15 is 0 Å². The summed E-state index contributed by atoms with van der Waals surface area (Å²) in [6.45, 7) is 5.30. The molecular formula is C22H25NO3S. The molecule has 1 saturated heterocycles. The van der Waals surface area contributed by atoms with Crippen LogP contribution in [-0.4, -0.2) is 35.3 Å². The van der Waals surface area contributed by atoms with Crippen LogP contribution in [0.4, 0.5) is 0 Å². The van der Waals surface area contributed by atoms with E-state index in [4.69, 9.17) is 4.74 Å². The SMILES string of the molecule is Cc1ccc2c(c1)C(=O)CC1(CCN(C(=O)C(C)Cc3cccs3)CC1)O2. The predicted molar refractivity (Wildman–Crippen MR) is 106 cm³/mol. The molecule has 0 N–H and O–H groups in total. The number of thiophene rings is 1. The van der Waals surface area contributed by atoms with Crippen molar-refractivity contribution in [3.05, 3.63) is 51.7 Å². The molecule has 0 aliphatic carbocycles. The van der Waals surface area contributed by atoms with Crippen molar-refractivity contribution in [2.45, 2.75) is 45.1 Å². The van der Waals surface area contributed by atoms with Crippen LogP contribution in [0.25, 0.3) is 0 Å². The van der Waals surface area contributed by atoms with Crippen molar-refractivity contribution in [2.75, 3.05) is 13.1 Å². The maximum Gasteiger partial charge on any atom is 0.225 e. The third-order valence-corrected chi connectivity index (χ3v) is 6.64. The second-order valence-corrected chi connectivity index (χ2v) is 8.93.